The molecule has 3 aromatic carbocycles. The van der Waals surface area contributed by atoms with Gasteiger partial charge in [-0.1, -0.05) is 41.4 Å². The van der Waals surface area contributed by atoms with Gasteiger partial charge in [-0.15, -0.1) is 0 Å². The van der Waals surface area contributed by atoms with Crippen molar-refractivity contribution in [1.29, 1.82) is 0 Å². The first kappa shape index (κ1) is 26.6. The van der Waals surface area contributed by atoms with Crippen molar-refractivity contribution >= 4 is 45.0 Å². The standard InChI is InChI=1S/C28H25BrCl2N4O3/c1-38-22-9-7-21(8-10-22)35-26(27(36)32-15-18-2-5-20(30)6-3-18)25-17-33(12-13-34(25)28(35)37)16-19-4-11-23(29)24(31)14-19/h2-11,14H,12-13,15-17H2,1H3,(H,32,36). The molecule has 0 spiro atoms. The number of nitrogens with one attached hydrogen (secondary N) is 1. The topological polar surface area (TPSA) is 68.5 Å². The first-order chi connectivity index (χ1) is 18.3. The molecule has 1 amide bonds. The van der Waals surface area contributed by atoms with E-state index in [1.165, 1.54) is 4.57 Å². The van der Waals surface area contributed by atoms with Crippen LogP contribution >= 0.6 is 39.1 Å². The van der Waals surface area contributed by atoms with E-state index in [4.69, 9.17) is 27.9 Å². The Kier molecular flexibility index (Phi) is 7.95. The van der Waals surface area contributed by atoms with Gasteiger partial charge in [-0.05, 0) is 75.6 Å². The summed E-state index contributed by atoms with van der Waals surface area (Å²) in [5.41, 5.74) is 3.32. The van der Waals surface area contributed by atoms with Crippen LogP contribution in [0.15, 0.2) is 76.0 Å². The minimum absolute atomic E-state index is 0.242. The molecule has 10 heteroatoms. The predicted octanol–water partition coefficient (Wildman–Crippen LogP) is 5.66. The number of hydrogen-bond acceptors (Lipinski definition) is 4. The van der Waals surface area contributed by atoms with Gasteiger partial charge < -0.3 is 10.1 Å². The number of halogens is 3. The van der Waals surface area contributed by atoms with Crippen LogP contribution in [0.4, 0.5) is 0 Å². The number of fused-ring (bicyclic) bond motifs is 1. The van der Waals surface area contributed by atoms with Crippen molar-refractivity contribution in [3.05, 3.63) is 114 Å². The number of amides is 1. The molecular formula is C28H25BrCl2N4O3. The molecule has 1 N–H and O–H groups in total. The van der Waals surface area contributed by atoms with E-state index in [0.29, 0.717) is 65.6 Å². The molecule has 1 aliphatic rings. The van der Waals surface area contributed by atoms with E-state index in [0.717, 1.165) is 15.6 Å². The minimum Gasteiger partial charge on any atom is -0.497 e. The van der Waals surface area contributed by atoms with Gasteiger partial charge >= 0.3 is 5.69 Å². The van der Waals surface area contributed by atoms with E-state index in [1.54, 1.807) is 48.1 Å². The molecule has 196 valence electrons. The lowest BCUT2D eigenvalue weighted by molar-refractivity contribution is 0.0940. The van der Waals surface area contributed by atoms with Gasteiger partial charge in [0.25, 0.3) is 5.91 Å². The highest BCUT2D eigenvalue weighted by Crippen LogP contribution is 2.26. The summed E-state index contributed by atoms with van der Waals surface area (Å²) in [5.74, 6) is 0.342. The van der Waals surface area contributed by atoms with Crippen LogP contribution in [0.1, 0.15) is 27.3 Å². The summed E-state index contributed by atoms with van der Waals surface area (Å²) in [4.78, 5) is 29.5. The van der Waals surface area contributed by atoms with Crippen molar-refractivity contribution in [3.63, 3.8) is 0 Å². The van der Waals surface area contributed by atoms with Crippen molar-refractivity contribution in [3.8, 4) is 11.4 Å². The maximum atomic E-state index is 13.7. The van der Waals surface area contributed by atoms with Gasteiger partial charge in [0.15, 0.2) is 0 Å². The number of benzene rings is 3. The second-order valence-electron chi connectivity index (χ2n) is 9.03. The second kappa shape index (κ2) is 11.4. The number of ether oxygens (including phenoxy) is 1. The molecule has 1 aromatic heterocycles. The van der Waals surface area contributed by atoms with E-state index in [-0.39, 0.29) is 11.6 Å². The van der Waals surface area contributed by atoms with Gasteiger partial charge in [0.05, 0.1) is 23.5 Å². The lowest BCUT2D eigenvalue weighted by atomic mass is 10.1. The third kappa shape index (κ3) is 5.54. The fraction of sp³-hybridized carbons (Fsp3) is 0.214. The van der Waals surface area contributed by atoms with Crippen molar-refractivity contribution in [2.45, 2.75) is 26.2 Å². The molecule has 4 aromatic rings. The van der Waals surface area contributed by atoms with Crippen molar-refractivity contribution in [1.82, 2.24) is 19.4 Å². The van der Waals surface area contributed by atoms with Gasteiger partial charge in [0.2, 0.25) is 0 Å². The summed E-state index contributed by atoms with van der Waals surface area (Å²) in [5, 5.41) is 4.26. The molecule has 7 nitrogen and oxygen atoms in total. The summed E-state index contributed by atoms with van der Waals surface area (Å²) < 4.78 is 9.31. The number of hydrogen-bond donors (Lipinski definition) is 1. The van der Waals surface area contributed by atoms with Crippen LogP contribution in [-0.2, 0) is 26.2 Å². The zero-order chi connectivity index (χ0) is 26.8. The highest BCUT2D eigenvalue weighted by Gasteiger charge is 2.30. The average Bonchev–Trinajstić information content (AvgIpc) is 3.22. The molecule has 0 radical (unpaired) electrons. The lowest BCUT2D eigenvalue weighted by Gasteiger charge is -2.28. The molecule has 0 unspecified atom stereocenters. The summed E-state index contributed by atoms with van der Waals surface area (Å²) in [7, 11) is 1.58. The number of carbonyl (C=O) groups is 1. The molecule has 38 heavy (non-hydrogen) atoms. The smallest absolute Gasteiger partial charge is 0.333 e. The fourth-order valence-electron chi connectivity index (χ4n) is 4.61. The van der Waals surface area contributed by atoms with E-state index >= 15 is 0 Å². The van der Waals surface area contributed by atoms with E-state index < -0.39 is 0 Å². The normalized spacial score (nSPS) is 13.3. The Morgan fingerprint density at radius 3 is 2.39 bits per heavy atom. The molecule has 1 aliphatic heterocycles. The molecule has 0 saturated carbocycles. The number of aromatic nitrogens is 2. The summed E-state index contributed by atoms with van der Waals surface area (Å²) >= 11 is 15.7. The molecule has 0 saturated heterocycles. The maximum absolute atomic E-state index is 13.7. The van der Waals surface area contributed by atoms with E-state index in [2.05, 4.69) is 26.1 Å². The molecule has 0 aliphatic carbocycles. The summed E-state index contributed by atoms with van der Waals surface area (Å²) in [6.45, 7) is 2.52. The number of imidazole rings is 1. The molecule has 5 rings (SSSR count). The van der Waals surface area contributed by atoms with Gasteiger partial charge in [-0.25, -0.2) is 4.79 Å². The second-order valence-corrected chi connectivity index (χ2v) is 10.7. The molecule has 0 bridgehead atoms. The Balaban J connectivity index is 1.49. The predicted molar refractivity (Wildman–Crippen MR) is 152 cm³/mol. The van der Waals surface area contributed by atoms with Crippen molar-refractivity contribution < 1.29 is 9.53 Å². The zero-order valence-electron chi connectivity index (χ0n) is 20.6. The lowest BCUT2D eigenvalue weighted by Crippen LogP contribution is -2.37. The first-order valence-electron chi connectivity index (χ1n) is 12.0. The SMILES string of the molecule is COc1ccc(-n2c(C(=O)NCc3ccc(Cl)cc3)c3n(c2=O)CCN(Cc2ccc(Br)c(Cl)c2)C3)cc1. The number of carbonyl (C=O) groups excluding carboxylic acids is 1. The van der Waals surface area contributed by atoms with Gasteiger partial charge in [0.1, 0.15) is 11.4 Å². The van der Waals surface area contributed by atoms with Crippen molar-refractivity contribution in [2.24, 2.45) is 0 Å². The zero-order valence-corrected chi connectivity index (χ0v) is 23.7. The largest absolute Gasteiger partial charge is 0.497 e. The molecule has 0 atom stereocenters. The Labute approximate surface area is 238 Å². The van der Waals surface area contributed by atoms with Crippen LogP contribution in [0.5, 0.6) is 5.75 Å². The molecular weight excluding hydrogens is 591 g/mol. The molecule has 0 fully saturated rings. The third-order valence-electron chi connectivity index (χ3n) is 6.56. The number of rotatable bonds is 7. The van der Waals surface area contributed by atoms with Crippen LogP contribution in [0, 0.1) is 0 Å². The minimum atomic E-state index is -0.324. The Morgan fingerprint density at radius 1 is 1.00 bits per heavy atom. The van der Waals surface area contributed by atoms with Gasteiger partial charge in [0, 0.05) is 42.2 Å². The van der Waals surface area contributed by atoms with Crippen LogP contribution in [0.3, 0.4) is 0 Å². The quantitative estimate of drug-likeness (QED) is 0.291. The maximum Gasteiger partial charge on any atom is 0.333 e. The molecule has 2 heterocycles. The fourth-order valence-corrected chi connectivity index (χ4v) is 5.19. The summed E-state index contributed by atoms with van der Waals surface area (Å²) in [6.07, 6.45) is 0. The van der Waals surface area contributed by atoms with Gasteiger partial charge in [-0.3, -0.25) is 18.8 Å². The Morgan fingerprint density at radius 2 is 1.71 bits per heavy atom. The third-order valence-corrected chi connectivity index (χ3v) is 8.04. The van der Waals surface area contributed by atoms with Crippen molar-refractivity contribution in [2.75, 3.05) is 13.7 Å². The van der Waals surface area contributed by atoms with Crippen LogP contribution < -0.4 is 15.7 Å². The van der Waals surface area contributed by atoms with E-state index in [1.807, 2.05) is 30.3 Å². The Bertz CT molecular complexity index is 1530. The van der Waals surface area contributed by atoms with E-state index in [9.17, 15) is 9.59 Å². The van der Waals surface area contributed by atoms with Crippen LogP contribution in [0.25, 0.3) is 5.69 Å². The average molecular weight is 616 g/mol. The first-order valence-corrected chi connectivity index (χ1v) is 13.6. The van der Waals surface area contributed by atoms with Crippen LogP contribution in [-0.4, -0.2) is 33.6 Å². The number of nitrogens with zero attached hydrogens (tertiary/aromatic N) is 3. The monoisotopic (exact) mass is 614 g/mol. The highest BCUT2D eigenvalue weighted by molar-refractivity contribution is 9.10. The summed E-state index contributed by atoms with van der Waals surface area (Å²) in [6, 6.07) is 20.3. The highest BCUT2D eigenvalue weighted by atomic mass is 79.9. The Hall–Kier alpha value is -3.04. The van der Waals surface area contributed by atoms with Gasteiger partial charge in [-0.2, -0.15) is 0 Å². The van der Waals surface area contributed by atoms with Crippen LogP contribution in [0.2, 0.25) is 10.0 Å². The number of methoxy groups -OCH3 is 1.